The molecule has 0 aliphatic carbocycles. The molecule has 6 nitrogen and oxygen atoms in total. The van der Waals surface area contributed by atoms with Crippen LogP contribution in [0.1, 0.15) is 37.0 Å². The van der Waals surface area contributed by atoms with Gasteiger partial charge < -0.3 is 8.83 Å². The van der Waals surface area contributed by atoms with E-state index in [1.54, 1.807) is 24.7 Å². The lowest BCUT2D eigenvalue weighted by atomic mass is 10.2. The fraction of sp³-hybridized carbons (Fsp3) is 0.250. The van der Waals surface area contributed by atoms with Crippen molar-refractivity contribution in [2.45, 2.75) is 37.2 Å². The minimum Gasteiger partial charge on any atom is -0.467 e. The predicted octanol–water partition coefficient (Wildman–Crippen LogP) is 5.13. The second-order valence-corrected chi connectivity index (χ2v) is 7.54. The topological polar surface area (TPSA) is 69.9 Å². The Morgan fingerprint density at radius 2 is 1.93 bits per heavy atom. The predicted molar refractivity (Wildman–Crippen MR) is 103 cm³/mol. The molecule has 8 heteroatoms. The third kappa shape index (κ3) is 4.01. The van der Waals surface area contributed by atoms with E-state index in [1.807, 2.05) is 12.1 Å². The Bertz CT molecular complexity index is 1040. The Labute approximate surface area is 165 Å². The van der Waals surface area contributed by atoms with Crippen LogP contribution >= 0.6 is 11.8 Å². The number of halogens is 1. The van der Waals surface area contributed by atoms with Gasteiger partial charge in [0.05, 0.1) is 18.5 Å². The molecule has 0 radical (unpaired) electrons. The fourth-order valence-electron chi connectivity index (χ4n) is 2.78. The van der Waals surface area contributed by atoms with Gasteiger partial charge >= 0.3 is 0 Å². The van der Waals surface area contributed by atoms with Gasteiger partial charge in [0.25, 0.3) is 0 Å². The Kier molecular flexibility index (Phi) is 5.29. The van der Waals surface area contributed by atoms with Crippen LogP contribution in [0.15, 0.2) is 62.9 Å². The lowest BCUT2D eigenvalue weighted by Crippen LogP contribution is -2.07. The van der Waals surface area contributed by atoms with Gasteiger partial charge in [-0.05, 0) is 36.4 Å². The van der Waals surface area contributed by atoms with E-state index in [4.69, 9.17) is 8.83 Å². The van der Waals surface area contributed by atoms with E-state index in [0.29, 0.717) is 18.2 Å². The van der Waals surface area contributed by atoms with Crippen molar-refractivity contribution in [1.82, 2.24) is 19.7 Å². The smallest absolute Gasteiger partial charge is 0.226 e. The molecule has 3 aromatic heterocycles. The number of hydrogen-bond acceptors (Lipinski definition) is 6. The maximum atomic E-state index is 13.1. The van der Waals surface area contributed by atoms with Crippen molar-refractivity contribution in [3.05, 3.63) is 72.0 Å². The molecular formula is C20H19FN4O2S. The quantitative estimate of drug-likeness (QED) is 0.402. The highest BCUT2D eigenvalue weighted by Gasteiger charge is 2.17. The van der Waals surface area contributed by atoms with Gasteiger partial charge in [0.15, 0.2) is 5.16 Å². The Morgan fingerprint density at radius 1 is 1.11 bits per heavy atom. The van der Waals surface area contributed by atoms with Crippen molar-refractivity contribution in [3.8, 4) is 11.5 Å². The van der Waals surface area contributed by atoms with Crippen LogP contribution in [0.5, 0.6) is 0 Å². The van der Waals surface area contributed by atoms with Crippen molar-refractivity contribution in [3.63, 3.8) is 0 Å². The van der Waals surface area contributed by atoms with E-state index in [2.05, 4.69) is 33.6 Å². The van der Waals surface area contributed by atoms with Gasteiger partial charge in [-0.3, -0.25) is 4.57 Å². The summed E-state index contributed by atoms with van der Waals surface area (Å²) in [6.45, 7) is 4.75. The number of hydrogen-bond donors (Lipinski definition) is 0. The largest absolute Gasteiger partial charge is 0.467 e. The van der Waals surface area contributed by atoms with E-state index in [9.17, 15) is 4.39 Å². The van der Waals surface area contributed by atoms with Crippen LogP contribution in [-0.2, 0) is 12.3 Å². The van der Waals surface area contributed by atoms with Gasteiger partial charge in [0, 0.05) is 17.2 Å². The standard InChI is InChI=1S/C20H19FN4O2S/c1-13(2)18-23-24-20(25(18)10-17-4-3-9-26-17)28-12-16-11-27-19(22-16)14-5-7-15(21)8-6-14/h3-9,11,13H,10,12H2,1-2H3. The molecule has 4 rings (SSSR count). The van der Waals surface area contributed by atoms with Crippen molar-refractivity contribution in [2.24, 2.45) is 0 Å². The zero-order valence-corrected chi connectivity index (χ0v) is 16.3. The number of oxazole rings is 1. The number of nitrogens with zero attached hydrogens (tertiary/aromatic N) is 4. The van der Waals surface area contributed by atoms with Gasteiger partial charge in [0.1, 0.15) is 23.7 Å². The highest BCUT2D eigenvalue weighted by Crippen LogP contribution is 2.27. The monoisotopic (exact) mass is 398 g/mol. The van der Waals surface area contributed by atoms with Crippen LogP contribution in [0, 0.1) is 5.82 Å². The summed E-state index contributed by atoms with van der Waals surface area (Å²) in [5.41, 5.74) is 1.52. The minimum absolute atomic E-state index is 0.244. The van der Waals surface area contributed by atoms with Crippen molar-refractivity contribution in [2.75, 3.05) is 0 Å². The summed E-state index contributed by atoms with van der Waals surface area (Å²) >= 11 is 1.54. The van der Waals surface area contributed by atoms with Gasteiger partial charge in [-0.25, -0.2) is 9.37 Å². The first-order chi connectivity index (χ1) is 13.6. The molecule has 0 saturated carbocycles. The molecule has 4 aromatic rings. The average Bonchev–Trinajstić information content (AvgIpc) is 3.42. The number of thioether (sulfide) groups is 1. The molecule has 0 bridgehead atoms. The summed E-state index contributed by atoms with van der Waals surface area (Å²) < 4.78 is 26.2. The highest BCUT2D eigenvalue weighted by molar-refractivity contribution is 7.98. The molecule has 0 amide bonds. The third-order valence-corrected chi connectivity index (χ3v) is 5.15. The van der Waals surface area contributed by atoms with Crippen LogP contribution in [0.25, 0.3) is 11.5 Å². The number of furan rings is 1. The first-order valence-corrected chi connectivity index (χ1v) is 9.87. The van der Waals surface area contributed by atoms with Crippen LogP contribution in [0.2, 0.25) is 0 Å². The van der Waals surface area contributed by atoms with Crippen molar-refractivity contribution >= 4 is 11.8 Å². The van der Waals surface area contributed by atoms with Crippen LogP contribution < -0.4 is 0 Å². The van der Waals surface area contributed by atoms with Gasteiger partial charge in [-0.2, -0.15) is 0 Å². The normalized spacial score (nSPS) is 11.4. The molecule has 144 valence electrons. The molecular weight excluding hydrogens is 379 g/mol. The lowest BCUT2D eigenvalue weighted by Gasteiger charge is -2.10. The summed E-state index contributed by atoms with van der Waals surface area (Å²) in [6.07, 6.45) is 3.27. The zero-order chi connectivity index (χ0) is 19.5. The van der Waals surface area contributed by atoms with Gasteiger partial charge in [-0.15, -0.1) is 10.2 Å². The maximum absolute atomic E-state index is 13.1. The molecule has 1 aromatic carbocycles. The molecule has 0 aliphatic rings. The summed E-state index contributed by atoms with van der Waals surface area (Å²) in [5, 5.41) is 9.48. The Hall–Kier alpha value is -2.87. The Morgan fingerprint density at radius 3 is 2.64 bits per heavy atom. The van der Waals surface area contributed by atoms with E-state index in [1.165, 1.54) is 23.9 Å². The molecule has 0 fully saturated rings. The number of rotatable bonds is 7. The first-order valence-electron chi connectivity index (χ1n) is 8.89. The van der Waals surface area contributed by atoms with Gasteiger partial charge in [0.2, 0.25) is 5.89 Å². The van der Waals surface area contributed by atoms with Crippen LogP contribution in [0.3, 0.4) is 0 Å². The van der Waals surface area contributed by atoms with E-state index < -0.39 is 0 Å². The first kappa shape index (κ1) is 18.5. The molecule has 0 spiro atoms. The van der Waals surface area contributed by atoms with Crippen molar-refractivity contribution < 1.29 is 13.2 Å². The fourth-order valence-corrected chi connectivity index (χ4v) is 3.60. The SMILES string of the molecule is CC(C)c1nnc(SCc2coc(-c3ccc(F)cc3)n2)n1Cc1ccco1. The zero-order valence-electron chi connectivity index (χ0n) is 15.5. The molecule has 0 atom stereocenters. The molecule has 0 saturated heterocycles. The van der Waals surface area contributed by atoms with Crippen molar-refractivity contribution in [1.29, 1.82) is 0 Å². The summed E-state index contributed by atoms with van der Waals surface area (Å²) in [5.74, 6) is 2.76. The summed E-state index contributed by atoms with van der Waals surface area (Å²) in [6, 6.07) is 9.87. The molecule has 28 heavy (non-hydrogen) atoms. The van der Waals surface area contributed by atoms with E-state index in [0.717, 1.165) is 28.0 Å². The van der Waals surface area contributed by atoms with Crippen LogP contribution in [0.4, 0.5) is 4.39 Å². The average molecular weight is 398 g/mol. The van der Waals surface area contributed by atoms with E-state index in [-0.39, 0.29) is 11.7 Å². The molecule has 0 N–H and O–H groups in total. The van der Waals surface area contributed by atoms with Crippen LogP contribution in [-0.4, -0.2) is 19.7 Å². The van der Waals surface area contributed by atoms with Gasteiger partial charge in [-0.1, -0.05) is 25.6 Å². The lowest BCUT2D eigenvalue weighted by molar-refractivity contribution is 0.475. The summed E-state index contributed by atoms with van der Waals surface area (Å²) in [7, 11) is 0. The second-order valence-electron chi connectivity index (χ2n) is 6.60. The third-order valence-electron chi connectivity index (χ3n) is 4.15. The minimum atomic E-state index is -0.289. The highest BCUT2D eigenvalue weighted by atomic mass is 32.2. The molecule has 3 heterocycles. The summed E-state index contributed by atoms with van der Waals surface area (Å²) in [4.78, 5) is 4.49. The second kappa shape index (κ2) is 8.02. The molecule has 0 aliphatic heterocycles. The number of benzene rings is 1. The van der Waals surface area contributed by atoms with E-state index >= 15 is 0 Å². The maximum Gasteiger partial charge on any atom is 0.226 e. The number of aromatic nitrogens is 4. The Balaban J connectivity index is 1.50. The molecule has 0 unspecified atom stereocenters.